The second-order valence-electron chi connectivity index (χ2n) is 4.39. The lowest BCUT2D eigenvalue weighted by molar-refractivity contribution is 0.0701. The fraction of sp³-hybridized carbons (Fsp3) is 0.500. The smallest absolute Gasteiger partial charge is 0.346 e. The van der Waals surface area contributed by atoms with E-state index in [-0.39, 0.29) is 5.41 Å². The minimum absolute atomic E-state index is 0.253. The second-order valence-corrected chi connectivity index (χ2v) is 5.27. The summed E-state index contributed by atoms with van der Waals surface area (Å²) < 4.78 is 0. The van der Waals surface area contributed by atoms with Crippen LogP contribution in [0.25, 0.3) is 0 Å². The third kappa shape index (κ3) is 1.37. The van der Waals surface area contributed by atoms with E-state index in [1.54, 1.807) is 0 Å². The van der Waals surface area contributed by atoms with E-state index in [9.17, 15) is 4.79 Å². The van der Waals surface area contributed by atoms with Gasteiger partial charge in [0.15, 0.2) is 0 Å². The zero-order chi connectivity index (χ0) is 9.64. The van der Waals surface area contributed by atoms with Crippen molar-refractivity contribution in [1.82, 2.24) is 0 Å². The summed E-state index contributed by atoms with van der Waals surface area (Å²) in [7, 11) is 0. The molecule has 13 heavy (non-hydrogen) atoms. The first-order valence-electron chi connectivity index (χ1n) is 4.32. The highest BCUT2D eigenvalue weighted by molar-refractivity contribution is 7.12. The van der Waals surface area contributed by atoms with Gasteiger partial charge in [-0.3, -0.25) is 0 Å². The van der Waals surface area contributed by atoms with Gasteiger partial charge >= 0.3 is 5.97 Å². The second kappa shape index (κ2) is 2.58. The van der Waals surface area contributed by atoms with Crippen molar-refractivity contribution in [2.75, 3.05) is 0 Å². The molecule has 0 radical (unpaired) electrons. The topological polar surface area (TPSA) is 37.3 Å². The third-order valence-corrected chi connectivity index (χ3v) is 3.56. The Hall–Kier alpha value is -0.830. The van der Waals surface area contributed by atoms with Crippen LogP contribution in [0, 0.1) is 5.41 Å². The molecule has 2 rings (SSSR count). The molecule has 0 amide bonds. The Kier molecular flexibility index (Phi) is 1.74. The maximum atomic E-state index is 10.8. The Morgan fingerprint density at radius 3 is 2.85 bits per heavy atom. The number of rotatable bonds is 1. The van der Waals surface area contributed by atoms with Crippen LogP contribution >= 0.6 is 11.3 Å². The molecule has 1 aliphatic carbocycles. The number of carboxylic acids is 1. The normalized spacial score (nSPS) is 18.6. The Labute approximate surface area is 81.2 Å². The monoisotopic (exact) mass is 196 g/mol. The van der Waals surface area contributed by atoms with Crippen molar-refractivity contribution in [2.24, 2.45) is 5.41 Å². The quantitative estimate of drug-likeness (QED) is 0.749. The molecule has 2 nitrogen and oxygen atoms in total. The number of hydrogen-bond acceptors (Lipinski definition) is 2. The van der Waals surface area contributed by atoms with Crippen molar-refractivity contribution in [2.45, 2.75) is 26.7 Å². The molecule has 0 saturated carbocycles. The Balaban J connectivity index is 2.43. The highest BCUT2D eigenvalue weighted by Crippen LogP contribution is 2.40. The zero-order valence-electron chi connectivity index (χ0n) is 7.76. The van der Waals surface area contributed by atoms with Gasteiger partial charge in [0.05, 0.1) is 0 Å². The average Bonchev–Trinajstić information content (AvgIpc) is 2.41. The van der Waals surface area contributed by atoms with E-state index in [1.165, 1.54) is 16.9 Å². The van der Waals surface area contributed by atoms with E-state index < -0.39 is 5.97 Å². The summed E-state index contributed by atoms with van der Waals surface area (Å²) in [6, 6.07) is 0. The first-order chi connectivity index (χ1) is 5.99. The van der Waals surface area contributed by atoms with Gasteiger partial charge in [-0.25, -0.2) is 4.79 Å². The van der Waals surface area contributed by atoms with Crippen LogP contribution in [0.1, 0.15) is 34.6 Å². The molecule has 0 unspecified atom stereocenters. The minimum Gasteiger partial charge on any atom is -0.477 e. The molecular weight excluding hydrogens is 184 g/mol. The number of carboxylic acid groups (broad SMARTS) is 1. The molecule has 3 heteroatoms. The minimum atomic E-state index is -0.774. The number of fused-ring (bicyclic) bond motifs is 1. The van der Waals surface area contributed by atoms with Gasteiger partial charge in [0.25, 0.3) is 0 Å². The van der Waals surface area contributed by atoms with Crippen molar-refractivity contribution in [3.8, 4) is 0 Å². The summed E-state index contributed by atoms with van der Waals surface area (Å²) in [6.45, 7) is 4.37. The molecule has 0 bridgehead atoms. The largest absolute Gasteiger partial charge is 0.477 e. The van der Waals surface area contributed by atoms with Crippen LogP contribution in [0.5, 0.6) is 0 Å². The van der Waals surface area contributed by atoms with Crippen molar-refractivity contribution in [1.29, 1.82) is 0 Å². The standard InChI is InChI=1S/C10H12O2S/c1-10(2)3-6-5-13-8(9(11)12)7(6)4-10/h5H,3-4H2,1-2H3,(H,11,12). The lowest BCUT2D eigenvalue weighted by Crippen LogP contribution is -2.10. The highest BCUT2D eigenvalue weighted by Gasteiger charge is 2.32. The summed E-state index contributed by atoms with van der Waals surface area (Å²) in [5.74, 6) is -0.774. The molecule has 0 fully saturated rings. The number of hydrogen-bond donors (Lipinski definition) is 1. The van der Waals surface area contributed by atoms with Crippen molar-refractivity contribution in [3.63, 3.8) is 0 Å². The molecule has 1 heterocycles. The van der Waals surface area contributed by atoms with Crippen LogP contribution in [0.4, 0.5) is 0 Å². The van der Waals surface area contributed by atoms with Crippen LogP contribution in [0.3, 0.4) is 0 Å². The van der Waals surface area contributed by atoms with Gasteiger partial charge in [0.2, 0.25) is 0 Å². The first-order valence-corrected chi connectivity index (χ1v) is 5.20. The molecule has 0 spiro atoms. The molecule has 0 aliphatic heterocycles. The van der Waals surface area contributed by atoms with Crippen molar-refractivity contribution in [3.05, 3.63) is 21.4 Å². The first kappa shape index (κ1) is 8.75. The molecule has 1 aromatic heterocycles. The van der Waals surface area contributed by atoms with Crippen LogP contribution in [-0.4, -0.2) is 11.1 Å². The van der Waals surface area contributed by atoms with E-state index in [1.807, 2.05) is 5.38 Å². The molecule has 0 aromatic carbocycles. The predicted molar refractivity (Wildman–Crippen MR) is 52.5 cm³/mol. The number of carbonyl (C=O) groups is 1. The molecule has 0 atom stereocenters. The van der Waals surface area contributed by atoms with Gasteiger partial charge in [-0.05, 0) is 34.8 Å². The SMILES string of the molecule is CC1(C)Cc2csc(C(=O)O)c2C1. The summed E-state index contributed by atoms with van der Waals surface area (Å²) in [5, 5.41) is 10.9. The molecular formula is C10H12O2S. The third-order valence-electron chi connectivity index (χ3n) is 2.50. The maximum Gasteiger partial charge on any atom is 0.346 e. The van der Waals surface area contributed by atoms with Gasteiger partial charge in [-0.1, -0.05) is 13.8 Å². The zero-order valence-corrected chi connectivity index (χ0v) is 8.57. The van der Waals surface area contributed by atoms with Gasteiger partial charge in [-0.2, -0.15) is 0 Å². The van der Waals surface area contributed by atoms with Gasteiger partial charge in [-0.15, -0.1) is 11.3 Å². The highest BCUT2D eigenvalue weighted by atomic mass is 32.1. The molecule has 0 saturated heterocycles. The van der Waals surface area contributed by atoms with E-state index in [0.717, 1.165) is 18.4 Å². The fourth-order valence-corrected chi connectivity index (χ4v) is 2.93. The Bertz CT molecular complexity index is 363. The molecule has 1 aliphatic rings. The van der Waals surface area contributed by atoms with Crippen LogP contribution in [-0.2, 0) is 12.8 Å². The number of aromatic carboxylic acids is 1. The molecule has 1 aromatic rings. The lowest BCUT2D eigenvalue weighted by atomic mass is 9.90. The van der Waals surface area contributed by atoms with Gasteiger partial charge in [0, 0.05) is 0 Å². The van der Waals surface area contributed by atoms with E-state index >= 15 is 0 Å². The summed E-state index contributed by atoms with van der Waals surface area (Å²) in [5.41, 5.74) is 2.57. The molecule has 1 N–H and O–H groups in total. The van der Waals surface area contributed by atoms with Crippen molar-refractivity contribution < 1.29 is 9.90 Å². The molecule has 70 valence electrons. The van der Waals surface area contributed by atoms with E-state index in [2.05, 4.69) is 13.8 Å². The summed E-state index contributed by atoms with van der Waals surface area (Å²) in [6.07, 6.45) is 1.93. The van der Waals surface area contributed by atoms with Gasteiger partial charge < -0.3 is 5.11 Å². The number of thiophene rings is 1. The fourth-order valence-electron chi connectivity index (χ4n) is 2.00. The van der Waals surface area contributed by atoms with Crippen LogP contribution < -0.4 is 0 Å². The van der Waals surface area contributed by atoms with Gasteiger partial charge in [0.1, 0.15) is 4.88 Å². The van der Waals surface area contributed by atoms with Crippen LogP contribution in [0.15, 0.2) is 5.38 Å². The van der Waals surface area contributed by atoms with Crippen LogP contribution in [0.2, 0.25) is 0 Å². The predicted octanol–water partition coefficient (Wildman–Crippen LogP) is 2.57. The maximum absolute atomic E-state index is 10.8. The van der Waals surface area contributed by atoms with E-state index in [0.29, 0.717) is 4.88 Å². The lowest BCUT2D eigenvalue weighted by Gasteiger charge is -2.15. The summed E-state index contributed by atoms with van der Waals surface area (Å²) >= 11 is 1.36. The Morgan fingerprint density at radius 1 is 1.54 bits per heavy atom. The van der Waals surface area contributed by atoms with E-state index in [4.69, 9.17) is 5.11 Å². The summed E-state index contributed by atoms with van der Waals surface area (Å²) in [4.78, 5) is 11.4. The van der Waals surface area contributed by atoms with Crippen molar-refractivity contribution >= 4 is 17.3 Å². The Morgan fingerprint density at radius 2 is 2.23 bits per heavy atom. The average molecular weight is 196 g/mol.